The van der Waals surface area contributed by atoms with E-state index in [-0.39, 0.29) is 6.04 Å². The number of aryl methyl sites for hydroxylation is 1. The van der Waals surface area contributed by atoms with Crippen molar-refractivity contribution in [1.29, 1.82) is 0 Å². The van der Waals surface area contributed by atoms with E-state index in [9.17, 15) is 0 Å². The van der Waals surface area contributed by atoms with Gasteiger partial charge in [0.2, 0.25) is 0 Å². The van der Waals surface area contributed by atoms with E-state index in [1.54, 1.807) is 7.11 Å². The van der Waals surface area contributed by atoms with Crippen LogP contribution in [-0.2, 0) is 6.42 Å². The van der Waals surface area contributed by atoms with E-state index in [0.717, 1.165) is 17.9 Å². The molecule has 0 radical (unpaired) electrons. The molecule has 3 nitrogen and oxygen atoms in total. The molecular formula is C17H22N2O. The van der Waals surface area contributed by atoms with Crippen molar-refractivity contribution in [2.24, 2.45) is 5.73 Å². The molecule has 0 saturated carbocycles. The summed E-state index contributed by atoms with van der Waals surface area (Å²) in [6.07, 6.45) is 1.01. The van der Waals surface area contributed by atoms with Crippen LogP contribution in [0.5, 0.6) is 5.75 Å². The van der Waals surface area contributed by atoms with Gasteiger partial charge in [-0.05, 0) is 41.8 Å². The first-order valence-corrected chi connectivity index (χ1v) is 6.97. The number of methoxy groups -OCH3 is 1. The average Bonchev–Trinajstić information content (AvgIpc) is 2.53. The highest BCUT2D eigenvalue weighted by atomic mass is 16.5. The van der Waals surface area contributed by atoms with Gasteiger partial charge < -0.3 is 15.8 Å². The highest BCUT2D eigenvalue weighted by molar-refractivity contribution is 5.49. The Kier molecular flexibility index (Phi) is 5.02. The molecule has 1 atom stereocenters. The molecule has 2 aromatic carbocycles. The summed E-state index contributed by atoms with van der Waals surface area (Å²) in [5.74, 6) is 0.855. The third kappa shape index (κ3) is 3.31. The van der Waals surface area contributed by atoms with Crippen LogP contribution >= 0.6 is 0 Å². The Morgan fingerprint density at radius 2 is 1.80 bits per heavy atom. The van der Waals surface area contributed by atoms with Crippen LogP contribution in [0.4, 0.5) is 5.69 Å². The number of benzene rings is 2. The van der Waals surface area contributed by atoms with Gasteiger partial charge in [0.15, 0.2) is 0 Å². The van der Waals surface area contributed by atoms with E-state index >= 15 is 0 Å². The molecule has 0 saturated heterocycles. The lowest BCUT2D eigenvalue weighted by Crippen LogP contribution is -2.21. The summed E-state index contributed by atoms with van der Waals surface area (Å²) in [4.78, 5) is 0. The van der Waals surface area contributed by atoms with Gasteiger partial charge in [0, 0.05) is 12.2 Å². The Morgan fingerprint density at radius 3 is 2.40 bits per heavy atom. The Labute approximate surface area is 120 Å². The van der Waals surface area contributed by atoms with E-state index in [0.29, 0.717) is 6.54 Å². The SMILES string of the molecule is CCc1ccccc1C(CN)Nc1ccc(OC)cc1. The highest BCUT2D eigenvalue weighted by Crippen LogP contribution is 2.24. The molecular weight excluding hydrogens is 248 g/mol. The van der Waals surface area contributed by atoms with Gasteiger partial charge in [0.25, 0.3) is 0 Å². The first-order chi connectivity index (χ1) is 9.78. The van der Waals surface area contributed by atoms with Crippen molar-refractivity contribution in [3.8, 4) is 5.75 Å². The quantitative estimate of drug-likeness (QED) is 0.846. The maximum atomic E-state index is 5.95. The number of hydrogen-bond acceptors (Lipinski definition) is 3. The summed E-state index contributed by atoms with van der Waals surface area (Å²) >= 11 is 0. The van der Waals surface area contributed by atoms with E-state index in [2.05, 4.69) is 36.5 Å². The minimum absolute atomic E-state index is 0.125. The summed E-state index contributed by atoms with van der Waals surface area (Å²) in [7, 11) is 1.67. The fourth-order valence-corrected chi connectivity index (χ4v) is 2.35. The molecule has 2 aromatic rings. The maximum absolute atomic E-state index is 5.95. The van der Waals surface area contributed by atoms with Crippen molar-refractivity contribution in [2.45, 2.75) is 19.4 Å². The number of rotatable bonds is 6. The molecule has 0 aliphatic rings. The number of anilines is 1. The molecule has 106 valence electrons. The van der Waals surface area contributed by atoms with E-state index in [4.69, 9.17) is 10.5 Å². The molecule has 20 heavy (non-hydrogen) atoms. The zero-order valence-corrected chi connectivity index (χ0v) is 12.1. The number of nitrogens with two attached hydrogens (primary N) is 1. The minimum Gasteiger partial charge on any atom is -0.497 e. The predicted octanol–water partition coefficient (Wildman–Crippen LogP) is 3.37. The summed E-state index contributed by atoms with van der Waals surface area (Å²) in [6.45, 7) is 2.73. The smallest absolute Gasteiger partial charge is 0.119 e. The molecule has 2 rings (SSSR count). The second-order valence-electron chi connectivity index (χ2n) is 4.71. The Hall–Kier alpha value is -2.00. The lowest BCUT2D eigenvalue weighted by molar-refractivity contribution is 0.415. The van der Waals surface area contributed by atoms with E-state index < -0.39 is 0 Å². The zero-order chi connectivity index (χ0) is 14.4. The summed E-state index contributed by atoms with van der Waals surface area (Å²) in [5.41, 5.74) is 9.60. The first kappa shape index (κ1) is 14.4. The molecule has 0 aliphatic carbocycles. The van der Waals surface area contributed by atoms with Gasteiger partial charge >= 0.3 is 0 Å². The van der Waals surface area contributed by atoms with Crippen LogP contribution in [0.15, 0.2) is 48.5 Å². The topological polar surface area (TPSA) is 47.3 Å². The molecule has 3 heteroatoms. The lowest BCUT2D eigenvalue weighted by Gasteiger charge is -2.21. The second kappa shape index (κ2) is 6.96. The fourth-order valence-electron chi connectivity index (χ4n) is 2.35. The average molecular weight is 270 g/mol. The summed E-state index contributed by atoms with van der Waals surface area (Å²) in [6, 6.07) is 16.5. The summed E-state index contributed by atoms with van der Waals surface area (Å²) < 4.78 is 5.17. The molecule has 0 heterocycles. The van der Waals surface area contributed by atoms with Crippen molar-refractivity contribution in [3.63, 3.8) is 0 Å². The molecule has 1 unspecified atom stereocenters. The van der Waals surface area contributed by atoms with Gasteiger partial charge in [0.1, 0.15) is 5.75 Å². The van der Waals surface area contributed by atoms with Crippen molar-refractivity contribution >= 4 is 5.69 Å². The minimum atomic E-state index is 0.125. The Morgan fingerprint density at radius 1 is 1.10 bits per heavy atom. The number of hydrogen-bond donors (Lipinski definition) is 2. The summed E-state index contributed by atoms with van der Waals surface area (Å²) in [5, 5.41) is 3.49. The van der Waals surface area contributed by atoms with Crippen LogP contribution in [0.2, 0.25) is 0 Å². The van der Waals surface area contributed by atoms with Crippen LogP contribution in [-0.4, -0.2) is 13.7 Å². The molecule has 3 N–H and O–H groups in total. The van der Waals surface area contributed by atoms with Crippen LogP contribution in [0.25, 0.3) is 0 Å². The Balaban J connectivity index is 2.19. The third-order valence-corrected chi connectivity index (χ3v) is 3.48. The fraction of sp³-hybridized carbons (Fsp3) is 0.294. The van der Waals surface area contributed by atoms with E-state index in [1.807, 2.05) is 24.3 Å². The van der Waals surface area contributed by atoms with E-state index in [1.165, 1.54) is 11.1 Å². The van der Waals surface area contributed by atoms with Gasteiger partial charge in [-0.15, -0.1) is 0 Å². The third-order valence-electron chi connectivity index (χ3n) is 3.48. The monoisotopic (exact) mass is 270 g/mol. The second-order valence-corrected chi connectivity index (χ2v) is 4.71. The van der Waals surface area contributed by atoms with Crippen LogP contribution in [0.3, 0.4) is 0 Å². The zero-order valence-electron chi connectivity index (χ0n) is 12.1. The molecule has 0 spiro atoms. The molecule has 0 aromatic heterocycles. The molecule has 0 fully saturated rings. The van der Waals surface area contributed by atoms with Crippen molar-refractivity contribution < 1.29 is 4.74 Å². The Bertz CT molecular complexity index is 537. The van der Waals surface area contributed by atoms with Crippen molar-refractivity contribution in [1.82, 2.24) is 0 Å². The standard InChI is InChI=1S/C17H22N2O/c1-3-13-6-4-5-7-16(13)17(12-18)19-14-8-10-15(20-2)11-9-14/h4-11,17,19H,3,12,18H2,1-2H3. The first-order valence-electron chi connectivity index (χ1n) is 6.97. The molecule has 0 aliphatic heterocycles. The normalized spacial score (nSPS) is 11.9. The van der Waals surface area contributed by atoms with Crippen LogP contribution in [0, 0.1) is 0 Å². The van der Waals surface area contributed by atoms with Crippen LogP contribution in [0.1, 0.15) is 24.1 Å². The lowest BCUT2D eigenvalue weighted by atomic mass is 9.98. The van der Waals surface area contributed by atoms with Crippen molar-refractivity contribution in [2.75, 3.05) is 19.0 Å². The number of ether oxygens (including phenoxy) is 1. The van der Waals surface area contributed by atoms with Crippen molar-refractivity contribution in [3.05, 3.63) is 59.7 Å². The number of nitrogens with one attached hydrogen (secondary N) is 1. The molecule has 0 amide bonds. The van der Waals surface area contributed by atoms with Gasteiger partial charge in [-0.3, -0.25) is 0 Å². The van der Waals surface area contributed by atoms with Gasteiger partial charge in [0.05, 0.1) is 13.2 Å². The largest absolute Gasteiger partial charge is 0.497 e. The molecule has 0 bridgehead atoms. The predicted molar refractivity (Wildman–Crippen MR) is 84.2 cm³/mol. The van der Waals surface area contributed by atoms with Crippen LogP contribution < -0.4 is 15.8 Å². The highest BCUT2D eigenvalue weighted by Gasteiger charge is 2.12. The van der Waals surface area contributed by atoms with Gasteiger partial charge in [-0.25, -0.2) is 0 Å². The van der Waals surface area contributed by atoms with Gasteiger partial charge in [-0.2, -0.15) is 0 Å². The van der Waals surface area contributed by atoms with Gasteiger partial charge in [-0.1, -0.05) is 31.2 Å². The maximum Gasteiger partial charge on any atom is 0.119 e.